The summed E-state index contributed by atoms with van der Waals surface area (Å²) in [5.74, 6) is 1.48. The van der Waals surface area contributed by atoms with E-state index in [9.17, 15) is 0 Å². The highest BCUT2D eigenvalue weighted by Gasteiger charge is 2.26. The molecule has 0 aliphatic heterocycles. The topological polar surface area (TPSA) is 18.5 Å². The van der Waals surface area contributed by atoms with Crippen LogP contribution in [0, 0.1) is 11.8 Å². The molecule has 1 unspecified atom stereocenters. The van der Waals surface area contributed by atoms with Gasteiger partial charge >= 0.3 is 14.5 Å². The van der Waals surface area contributed by atoms with Crippen molar-refractivity contribution >= 4 is 14.5 Å². The predicted molar refractivity (Wildman–Crippen MR) is 76.4 cm³/mol. The fraction of sp³-hybridized carbons (Fsp3) is 1.00. The van der Waals surface area contributed by atoms with Crippen molar-refractivity contribution in [3.63, 3.8) is 0 Å². The summed E-state index contributed by atoms with van der Waals surface area (Å²) in [5.41, 5.74) is 0. The van der Waals surface area contributed by atoms with E-state index in [0.717, 1.165) is 18.3 Å². The van der Waals surface area contributed by atoms with E-state index in [-0.39, 0.29) is 12.4 Å². The van der Waals surface area contributed by atoms with Crippen molar-refractivity contribution in [3.8, 4) is 0 Å². The molecule has 0 amide bonds. The van der Waals surface area contributed by atoms with Crippen LogP contribution in [0.3, 0.4) is 0 Å². The summed E-state index contributed by atoms with van der Waals surface area (Å²) >= 11 is -1.11. The van der Waals surface area contributed by atoms with Crippen LogP contribution in [-0.4, -0.2) is 26.9 Å². The standard InChI is InChI=1S/C6H13O2.2C4H9.Al/c1-4-6(7)8-5(2)3;2*1-4(2)3;/h5-6H,4H2,1-3H3;2*4H,1H2,2-3H3;/q-1;;;+1. The Balaban J connectivity index is 4.26. The van der Waals surface area contributed by atoms with Crippen LogP contribution in [0.1, 0.15) is 54.9 Å². The molecule has 0 bridgehead atoms. The molecule has 0 saturated carbocycles. The van der Waals surface area contributed by atoms with E-state index >= 15 is 0 Å². The Hall–Kier alpha value is 0.452. The molecule has 0 saturated heterocycles. The largest absolute Gasteiger partial charge is 0.478 e. The summed E-state index contributed by atoms with van der Waals surface area (Å²) in [5, 5.41) is 2.52. The number of hydrogen-bond acceptors (Lipinski definition) is 2. The smallest absolute Gasteiger partial charge is 0.463 e. The molecule has 1 atom stereocenters. The van der Waals surface area contributed by atoms with Crippen LogP contribution in [0.4, 0.5) is 0 Å². The lowest BCUT2D eigenvalue weighted by molar-refractivity contribution is -0.112. The van der Waals surface area contributed by atoms with Gasteiger partial charge in [0.15, 0.2) is 0 Å². The van der Waals surface area contributed by atoms with E-state index in [4.69, 9.17) is 8.53 Å². The van der Waals surface area contributed by atoms with E-state index in [2.05, 4.69) is 48.5 Å². The first-order valence-electron chi connectivity index (χ1n) is 7.16. The monoisotopic (exact) mass is 258 g/mol. The Bertz CT molecular complexity index is 171. The molecule has 0 radical (unpaired) electrons. The second kappa shape index (κ2) is 9.39. The first-order valence-corrected chi connectivity index (χ1v) is 9.26. The van der Waals surface area contributed by atoms with Gasteiger partial charge in [0, 0.05) is 0 Å². The zero-order chi connectivity index (χ0) is 13.4. The second-order valence-corrected chi connectivity index (χ2v) is 8.50. The molecule has 0 aromatic carbocycles. The lowest BCUT2D eigenvalue weighted by Gasteiger charge is -2.25. The average molecular weight is 258 g/mol. The molecule has 0 N–H and O–H groups in total. The first-order chi connectivity index (χ1) is 7.85. The van der Waals surface area contributed by atoms with Gasteiger partial charge in [0.25, 0.3) is 0 Å². The molecule has 17 heavy (non-hydrogen) atoms. The maximum atomic E-state index is 6.25. The normalized spacial score (nSPS) is 13.8. The third-order valence-corrected chi connectivity index (χ3v) is 6.20. The molecule has 2 nitrogen and oxygen atoms in total. The third-order valence-electron chi connectivity index (χ3n) is 2.57. The van der Waals surface area contributed by atoms with Crippen molar-refractivity contribution in [1.82, 2.24) is 0 Å². The number of rotatable bonds is 9. The minimum Gasteiger partial charge on any atom is -0.478 e. The molecule has 0 aliphatic rings. The molecule has 0 aromatic rings. The van der Waals surface area contributed by atoms with Crippen molar-refractivity contribution in [3.05, 3.63) is 0 Å². The summed E-state index contributed by atoms with van der Waals surface area (Å²) in [6.45, 7) is 15.4. The van der Waals surface area contributed by atoms with E-state index < -0.39 is 14.5 Å². The van der Waals surface area contributed by atoms with Gasteiger partial charge in [-0.15, -0.1) is 0 Å². The highest BCUT2D eigenvalue weighted by Crippen LogP contribution is 2.18. The minimum atomic E-state index is -1.11. The van der Waals surface area contributed by atoms with E-state index in [1.165, 1.54) is 10.6 Å². The van der Waals surface area contributed by atoms with Gasteiger partial charge < -0.3 is 8.53 Å². The van der Waals surface area contributed by atoms with Gasteiger partial charge in [0.1, 0.15) is 6.29 Å². The fourth-order valence-electron chi connectivity index (χ4n) is 2.00. The molecule has 0 fully saturated rings. The summed E-state index contributed by atoms with van der Waals surface area (Å²) in [6.07, 6.45) is 1.23. The molecule has 0 heterocycles. The molecule has 0 spiro atoms. The Morgan fingerprint density at radius 3 is 1.65 bits per heavy atom. The summed E-state index contributed by atoms with van der Waals surface area (Å²) in [4.78, 5) is 0. The van der Waals surface area contributed by atoms with Gasteiger partial charge in [-0.25, -0.2) is 0 Å². The molecule has 0 rings (SSSR count). The zero-order valence-electron chi connectivity index (χ0n) is 12.8. The van der Waals surface area contributed by atoms with Gasteiger partial charge in [-0.1, -0.05) is 57.0 Å². The van der Waals surface area contributed by atoms with Gasteiger partial charge in [-0.3, -0.25) is 0 Å². The molecule has 0 aliphatic carbocycles. The summed E-state index contributed by atoms with van der Waals surface area (Å²) in [6, 6.07) is 0. The highest BCUT2D eigenvalue weighted by atomic mass is 27.2. The van der Waals surface area contributed by atoms with Gasteiger partial charge in [-0.2, -0.15) is 0 Å². The van der Waals surface area contributed by atoms with Crippen molar-refractivity contribution in [2.24, 2.45) is 11.8 Å². The minimum absolute atomic E-state index is 0.0177. The second-order valence-electron chi connectivity index (χ2n) is 6.04. The lowest BCUT2D eigenvalue weighted by Crippen LogP contribution is -2.31. The summed E-state index contributed by atoms with van der Waals surface area (Å²) in [7, 11) is 0. The number of hydrogen-bond donors (Lipinski definition) is 0. The number of ether oxygens (including phenoxy) is 1. The quantitative estimate of drug-likeness (QED) is 0.449. The molecule has 3 heteroatoms. The molecular formula is C14H31AlO2. The molecule has 102 valence electrons. The Morgan fingerprint density at radius 1 is 0.882 bits per heavy atom. The third kappa shape index (κ3) is 10.1. The van der Waals surface area contributed by atoms with Crippen LogP contribution in [0.2, 0.25) is 10.6 Å². The molecular weight excluding hydrogens is 227 g/mol. The lowest BCUT2D eigenvalue weighted by atomic mass is 10.3. The van der Waals surface area contributed by atoms with Crippen LogP contribution >= 0.6 is 0 Å². The van der Waals surface area contributed by atoms with Gasteiger partial charge in [0.05, 0.1) is 6.10 Å². The Morgan fingerprint density at radius 2 is 1.35 bits per heavy atom. The Kier molecular flexibility index (Phi) is 9.64. The van der Waals surface area contributed by atoms with Crippen molar-refractivity contribution in [1.29, 1.82) is 0 Å². The van der Waals surface area contributed by atoms with Crippen LogP contribution in [0.15, 0.2) is 0 Å². The highest BCUT2D eigenvalue weighted by molar-refractivity contribution is 6.51. The van der Waals surface area contributed by atoms with Crippen LogP contribution < -0.4 is 0 Å². The maximum absolute atomic E-state index is 6.25. The SMILES string of the molecule is CCC(OC(C)C)[O][Al]([CH2]C(C)C)[CH2]C(C)C. The van der Waals surface area contributed by atoms with E-state index in [1.54, 1.807) is 0 Å². The van der Waals surface area contributed by atoms with E-state index in [0.29, 0.717) is 0 Å². The molecule has 0 aromatic heterocycles. The van der Waals surface area contributed by atoms with Crippen LogP contribution in [0.5, 0.6) is 0 Å². The predicted octanol–water partition coefficient (Wildman–Crippen LogP) is 4.47. The van der Waals surface area contributed by atoms with Crippen LogP contribution in [-0.2, 0) is 8.53 Å². The zero-order valence-corrected chi connectivity index (χ0v) is 14.0. The van der Waals surface area contributed by atoms with Gasteiger partial charge in [0.2, 0.25) is 0 Å². The van der Waals surface area contributed by atoms with Crippen molar-refractivity contribution in [2.45, 2.75) is 77.8 Å². The van der Waals surface area contributed by atoms with Crippen molar-refractivity contribution in [2.75, 3.05) is 0 Å². The van der Waals surface area contributed by atoms with Crippen LogP contribution in [0.25, 0.3) is 0 Å². The summed E-state index contributed by atoms with van der Waals surface area (Å²) < 4.78 is 12.1. The average Bonchev–Trinajstić information content (AvgIpc) is 2.13. The van der Waals surface area contributed by atoms with Gasteiger partial charge in [-0.05, 0) is 20.3 Å². The van der Waals surface area contributed by atoms with Crippen molar-refractivity contribution < 1.29 is 8.53 Å². The maximum Gasteiger partial charge on any atom is 0.463 e. The fourth-order valence-corrected chi connectivity index (χ4v) is 5.21. The first kappa shape index (κ1) is 17.5. The van der Waals surface area contributed by atoms with E-state index in [1.807, 2.05) is 0 Å². The Labute approximate surface area is 113 Å².